The van der Waals surface area contributed by atoms with Crippen LogP contribution in [-0.4, -0.2) is 40.8 Å². The lowest BCUT2D eigenvalue weighted by atomic mass is 10.1. The van der Waals surface area contributed by atoms with Gasteiger partial charge in [-0.1, -0.05) is 18.2 Å². The average molecular weight is 472 g/mol. The van der Waals surface area contributed by atoms with Crippen molar-refractivity contribution in [1.29, 1.82) is 0 Å². The van der Waals surface area contributed by atoms with Crippen molar-refractivity contribution in [3.8, 4) is 11.5 Å². The molecule has 0 bridgehead atoms. The molecule has 34 heavy (non-hydrogen) atoms. The maximum absolute atomic E-state index is 14.6. The normalized spacial score (nSPS) is 16.0. The highest BCUT2D eigenvalue weighted by Crippen LogP contribution is 2.37. The average Bonchev–Trinajstić information content (AvgIpc) is 3.47. The Bertz CT molecular complexity index is 1350. The number of rotatable bonds is 7. The molecule has 1 aliphatic rings. The Morgan fingerprint density at radius 2 is 2.12 bits per heavy atom. The fraction of sp³-hybridized carbons (Fsp3) is 0.333. The summed E-state index contributed by atoms with van der Waals surface area (Å²) in [5.74, 6) is 0.998. The van der Waals surface area contributed by atoms with E-state index in [0.29, 0.717) is 41.7 Å². The second-order valence-corrected chi connectivity index (χ2v) is 8.09. The number of methoxy groups -OCH3 is 1. The minimum Gasteiger partial charge on any atom is -0.493 e. The van der Waals surface area contributed by atoms with E-state index < -0.39 is 17.8 Å². The highest BCUT2D eigenvalue weighted by Gasteiger charge is 2.22. The van der Waals surface area contributed by atoms with Gasteiger partial charge >= 0.3 is 0 Å². The van der Waals surface area contributed by atoms with E-state index in [1.54, 1.807) is 13.3 Å². The number of nitrogens with zero attached hydrogens (tertiary/aromatic N) is 3. The summed E-state index contributed by atoms with van der Waals surface area (Å²) in [5.41, 5.74) is 1.11. The maximum Gasteiger partial charge on any atom is 0.266 e. The first kappa shape index (κ1) is 22.3. The van der Waals surface area contributed by atoms with Crippen LogP contribution in [-0.2, 0) is 11.3 Å². The molecule has 4 aromatic rings. The minimum absolute atomic E-state index is 0.0386. The van der Waals surface area contributed by atoms with Gasteiger partial charge in [0.15, 0.2) is 11.5 Å². The standard InChI is InChI=1S/C24H23F3N4O3/c1-13-10-29-24-30-23(28-11-14-4-3-5-16(21(14)25)22(26)27)17-8-20(34-15-6-7-33-12-15)19(32-2)9-18(17)31(13)24/h3-5,8-10,15,22H,6-7,11-12H2,1-2H3,(H,28,29,30). The molecule has 1 saturated heterocycles. The zero-order valence-electron chi connectivity index (χ0n) is 18.6. The molecule has 0 saturated carbocycles. The van der Waals surface area contributed by atoms with E-state index in [-0.39, 0.29) is 18.2 Å². The molecule has 1 N–H and O–H groups in total. The monoisotopic (exact) mass is 472 g/mol. The number of alkyl halides is 2. The molecule has 1 unspecified atom stereocenters. The highest BCUT2D eigenvalue weighted by atomic mass is 19.3. The van der Waals surface area contributed by atoms with Crippen molar-refractivity contribution in [3.05, 3.63) is 59.2 Å². The van der Waals surface area contributed by atoms with Crippen LogP contribution in [0.1, 0.15) is 29.7 Å². The van der Waals surface area contributed by atoms with Crippen molar-refractivity contribution in [3.63, 3.8) is 0 Å². The van der Waals surface area contributed by atoms with Crippen molar-refractivity contribution >= 4 is 22.5 Å². The number of hydrogen-bond acceptors (Lipinski definition) is 6. The van der Waals surface area contributed by atoms with Gasteiger partial charge < -0.3 is 19.5 Å². The summed E-state index contributed by atoms with van der Waals surface area (Å²) >= 11 is 0. The van der Waals surface area contributed by atoms with Gasteiger partial charge in [-0.3, -0.25) is 4.40 Å². The van der Waals surface area contributed by atoms with E-state index in [2.05, 4.69) is 15.3 Å². The molecule has 178 valence electrons. The lowest BCUT2D eigenvalue weighted by molar-refractivity contribution is 0.139. The predicted octanol–water partition coefficient (Wildman–Crippen LogP) is 5.06. The molecular weight excluding hydrogens is 449 g/mol. The largest absolute Gasteiger partial charge is 0.493 e. The van der Waals surface area contributed by atoms with E-state index in [4.69, 9.17) is 14.2 Å². The van der Waals surface area contributed by atoms with Gasteiger partial charge in [-0.05, 0) is 13.0 Å². The number of hydrogen-bond donors (Lipinski definition) is 1. The molecule has 0 spiro atoms. The second-order valence-electron chi connectivity index (χ2n) is 8.09. The van der Waals surface area contributed by atoms with Crippen LogP contribution >= 0.6 is 0 Å². The Balaban J connectivity index is 1.59. The molecule has 0 aliphatic carbocycles. The summed E-state index contributed by atoms with van der Waals surface area (Å²) in [6.07, 6.45) is -0.524. The fourth-order valence-corrected chi connectivity index (χ4v) is 4.14. The smallest absolute Gasteiger partial charge is 0.266 e. The number of nitrogens with one attached hydrogen (secondary N) is 1. The number of fused-ring (bicyclic) bond motifs is 3. The van der Waals surface area contributed by atoms with Gasteiger partial charge in [0, 0.05) is 35.7 Å². The Hall–Kier alpha value is -3.53. The van der Waals surface area contributed by atoms with Crippen molar-refractivity contribution in [2.45, 2.75) is 32.4 Å². The maximum atomic E-state index is 14.6. The number of ether oxygens (including phenoxy) is 3. The summed E-state index contributed by atoms with van der Waals surface area (Å²) in [6.45, 7) is 2.99. The van der Waals surface area contributed by atoms with Crippen LogP contribution in [0.4, 0.5) is 19.0 Å². The number of aromatic nitrogens is 3. The van der Waals surface area contributed by atoms with Crippen LogP contribution in [0.15, 0.2) is 36.5 Å². The number of anilines is 1. The quantitative estimate of drug-likeness (QED) is 0.406. The molecule has 2 aromatic heterocycles. The fourth-order valence-electron chi connectivity index (χ4n) is 4.14. The van der Waals surface area contributed by atoms with Crippen molar-refractivity contribution in [2.24, 2.45) is 0 Å². The predicted molar refractivity (Wildman–Crippen MR) is 120 cm³/mol. The van der Waals surface area contributed by atoms with Crippen LogP contribution in [0.5, 0.6) is 11.5 Å². The molecule has 7 nitrogen and oxygen atoms in total. The molecule has 1 aliphatic heterocycles. The van der Waals surface area contributed by atoms with E-state index >= 15 is 0 Å². The first-order chi connectivity index (χ1) is 16.5. The zero-order valence-corrected chi connectivity index (χ0v) is 18.6. The van der Waals surface area contributed by atoms with Gasteiger partial charge in [0.1, 0.15) is 17.7 Å². The van der Waals surface area contributed by atoms with E-state index in [1.807, 2.05) is 23.5 Å². The van der Waals surface area contributed by atoms with Crippen molar-refractivity contribution in [1.82, 2.24) is 14.4 Å². The summed E-state index contributed by atoms with van der Waals surface area (Å²) < 4.78 is 59.8. The molecule has 1 atom stereocenters. The van der Waals surface area contributed by atoms with E-state index in [1.165, 1.54) is 12.1 Å². The number of aryl methyl sites for hydroxylation is 1. The van der Waals surface area contributed by atoms with Crippen LogP contribution in [0, 0.1) is 12.7 Å². The number of imidazole rings is 1. The SMILES string of the molecule is COc1cc2c(cc1OC1CCOC1)c(NCc1cccc(C(F)F)c1F)nc1ncc(C)n12. The third kappa shape index (κ3) is 3.98. The van der Waals surface area contributed by atoms with Crippen molar-refractivity contribution < 1.29 is 27.4 Å². The van der Waals surface area contributed by atoms with Crippen LogP contribution in [0.2, 0.25) is 0 Å². The summed E-state index contributed by atoms with van der Waals surface area (Å²) in [4.78, 5) is 8.95. The molecule has 5 rings (SSSR count). The lowest BCUT2D eigenvalue weighted by Crippen LogP contribution is -2.16. The Kier molecular flexibility index (Phi) is 5.91. The lowest BCUT2D eigenvalue weighted by Gasteiger charge is -2.18. The van der Waals surface area contributed by atoms with E-state index in [9.17, 15) is 13.2 Å². The number of benzene rings is 2. The molecule has 0 amide bonds. The van der Waals surface area contributed by atoms with Gasteiger partial charge in [0.05, 0.1) is 37.6 Å². The molecule has 3 heterocycles. The van der Waals surface area contributed by atoms with Crippen LogP contribution in [0.25, 0.3) is 16.7 Å². The topological polar surface area (TPSA) is 69.9 Å². The third-order valence-corrected chi connectivity index (χ3v) is 5.88. The van der Waals surface area contributed by atoms with Gasteiger partial charge in [-0.2, -0.15) is 4.98 Å². The minimum atomic E-state index is -2.89. The first-order valence-corrected chi connectivity index (χ1v) is 10.9. The third-order valence-electron chi connectivity index (χ3n) is 5.88. The van der Waals surface area contributed by atoms with E-state index in [0.717, 1.165) is 23.7 Å². The van der Waals surface area contributed by atoms with Crippen LogP contribution < -0.4 is 14.8 Å². The summed E-state index contributed by atoms with van der Waals surface area (Å²) in [5, 5.41) is 3.79. The molecule has 1 fully saturated rings. The molecule has 10 heteroatoms. The number of halogens is 3. The Morgan fingerprint density at radius 3 is 2.85 bits per heavy atom. The van der Waals surface area contributed by atoms with Gasteiger partial charge in [-0.25, -0.2) is 18.2 Å². The van der Waals surface area contributed by atoms with Gasteiger partial charge in [0.2, 0.25) is 5.78 Å². The first-order valence-electron chi connectivity index (χ1n) is 10.9. The Labute approximate surface area is 193 Å². The molecule has 0 radical (unpaired) electrons. The summed E-state index contributed by atoms with van der Waals surface area (Å²) in [7, 11) is 1.57. The highest BCUT2D eigenvalue weighted by molar-refractivity contribution is 5.94. The Morgan fingerprint density at radius 1 is 1.26 bits per heavy atom. The van der Waals surface area contributed by atoms with Gasteiger partial charge in [-0.15, -0.1) is 0 Å². The van der Waals surface area contributed by atoms with Gasteiger partial charge in [0.25, 0.3) is 6.43 Å². The van der Waals surface area contributed by atoms with Crippen molar-refractivity contribution in [2.75, 3.05) is 25.6 Å². The molecular formula is C24H23F3N4O3. The molecule has 2 aromatic carbocycles. The summed E-state index contributed by atoms with van der Waals surface area (Å²) in [6, 6.07) is 7.61. The zero-order chi connectivity index (χ0) is 23.8. The van der Waals surface area contributed by atoms with Crippen LogP contribution in [0.3, 0.4) is 0 Å². The second kappa shape index (κ2) is 9.02.